The van der Waals surface area contributed by atoms with Crippen molar-refractivity contribution in [3.8, 4) is 5.75 Å². The van der Waals surface area contributed by atoms with Crippen molar-refractivity contribution < 1.29 is 14.3 Å². The third-order valence-electron chi connectivity index (χ3n) is 4.32. The Morgan fingerprint density at radius 3 is 2.39 bits per heavy atom. The summed E-state index contributed by atoms with van der Waals surface area (Å²) in [4.78, 5) is 31.3. The summed E-state index contributed by atoms with van der Waals surface area (Å²) in [5, 5.41) is 5.73. The largest absolute Gasteiger partial charge is 0.497 e. The molecule has 0 aliphatic heterocycles. The second kappa shape index (κ2) is 9.73. The zero-order chi connectivity index (χ0) is 20.7. The molecule has 2 N–H and O–H groups in total. The van der Waals surface area contributed by atoms with Crippen LogP contribution in [0.2, 0.25) is 0 Å². The molecule has 1 aromatic carbocycles. The molecule has 0 fully saturated rings. The highest BCUT2D eigenvalue weighted by atomic mass is 16.5. The van der Waals surface area contributed by atoms with Gasteiger partial charge in [0.2, 0.25) is 5.91 Å². The number of ether oxygens (including phenoxy) is 1. The molecule has 2 rings (SSSR count). The molecule has 0 saturated heterocycles. The predicted octanol–water partition coefficient (Wildman–Crippen LogP) is 2.23. The van der Waals surface area contributed by atoms with Crippen molar-refractivity contribution in [3.05, 3.63) is 53.7 Å². The van der Waals surface area contributed by atoms with Crippen LogP contribution in [0.4, 0.5) is 5.82 Å². The standard InChI is InChI=1S/C21H28N4O3/c1-14(2)19(24-20(26)16-6-8-17(28-5)9-7-16)21(27)23-13-15-10-11-22-18(12-15)25(3)4/h6-12,14,19H,13H2,1-5H3,(H,23,27)(H,24,26). The number of hydrogen-bond donors (Lipinski definition) is 2. The van der Waals surface area contributed by atoms with Crippen LogP contribution in [0.15, 0.2) is 42.6 Å². The van der Waals surface area contributed by atoms with Crippen molar-refractivity contribution in [3.63, 3.8) is 0 Å². The molecular weight excluding hydrogens is 356 g/mol. The Balaban J connectivity index is 2.01. The Hall–Kier alpha value is -3.09. The molecule has 150 valence electrons. The van der Waals surface area contributed by atoms with E-state index in [9.17, 15) is 9.59 Å². The van der Waals surface area contributed by atoms with Gasteiger partial charge in [0.25, 0.3) is 5.91 Å². The minimum Gasteiger partial charge on any atom is -0.497 e. The molecule has 0 bridgehead atoms. The summed E-state index contributed by atoms with van der Waals surface area (Å²) < 4.78 is 5.10. The molecule has 0 spiro atoms. The van der Waals surface area contributed by atoms with E-state index in [0.717, 1.165) is 11.4 Å². The molecule has 0 aliphatic rings. The predicted molar refractivity (Wildman–Crippen MR) is 109 cm³/mol. The van der Waals surface area contributed by atoms with Crippen molar-refractivity contribution >= 4 is 17.6 Å². The van der Waals surface area contributed by atoms with Crippen molar-refractivity contribution in [2.45, 2.75) is 26.4 Å². The van der Waals surface area contributed by atoms with Crippen molar-refractivity contribution in [1.29, 1.82) is 0 Å². The van der Waals surface area contributed by atoms with Crippen LogP contribution in [0.3, 0.4) is 0 Å². The van der Waals surface area contributed by atoms with Crippen molar-refractivity contribution in [1.82, 2.24) is 15.6 Å². The van der Waals surface area contributed by atoms with Crippen LogP contribution < -0.4 is 20.3 Å². The zero-order valence-corrected chi connectivity index (χ0v) is 17.0. The number of carbonyl (C=O) groups excluding carboxylic acids is 2. The third-order valence-corrected chi connectivity index (χ3v) is 4.32. The van der Waals surface area contributed by atoms with Crippen LogP contribution in [-0.4, -0.2) is 44.0 Å². The number of anilines is 1. The molecule has 7 nitrogen and oxygen atoms in total. The van der Waals surface area contributed by atoms with E-state index >= 15 is 0 Å². The van der Waals surface area contributed by atoms with E-state index < -0.39 is 6.04 Å². The smallest absolute Gasteiger partial charge is 0.251 e. The van der Waals surface area contributed by atoms with Gasteiger partial charge in [-0.15, -0.1) is 0 Å². The molecule has 0 aliphatic carbocycles. The minimum atomic E-state index is -0.634. The van der Waals surface area contributed by atoms with Gasteiger partial charge in [0.1, 0.15) is 17.6 Å². The topological polar surface area (TPSA) is 83.6 Å². The van der Waals surface area contributed by atoms with E-state index in [4.69, 9.17) is 4.74 Å². The van der Waals surface area contributed by atoms with Crippen LogP contribution in [0.5, 0.6) is 5.75 Å². The number of aromatic nitrogens is 1. The van der Waals surface area contributed by atoms with Gasteiger partial charge in [0.05, 0.1) is 7.11 Å². The monoisotopic (exact) mass is 384 g/mol. The highest BCUT2D eigenvalue weighted by Crippen LogP contribution is 2.13. The first kappa shape index (κ1) is 21.2. The molecular formula is C21H28N4O3. The molecule has 7 heteroatoms. The average molecular weight is 384 g/mol. The maximum absolute atomic E-state index is 12.7. The summed E-state index contributed by atoms with van der Waals surface area (Å²) >= 11 is 0. The molecule has 2 amide bonds. The van der Waals surface area contributed by atoms with Crippen molar-refractivity contribution in [2.24, 2.45) is 5.92 Å². The normalized spacial score (nSPS) is 11.6. The van der Waals surface area contributed by atoms with Gasteiger partial charge in [0, 0.05) is 32.4 Å². The second-order valence-corrected chi connectivity index (χ2v) is 7.06. The Bertz CT molecular complexity index is 804. The number of nitrogens with zero attached hydrogens (tertiary/aromatic N) is 2. The van der Waals surface area contributed by atoms with Crippen LogP contribution >= 0.6 is 0 Å². The Kier molecular flexibility index (Phi) is 7.37. The fraction of sp³-hybridized carbons (Fsp3) is 0.381. The zero-order valence-electron chi connectivity index (χ0n) is 17.0. The molecule has 0 saturated carbocycles. The third kappa shape index (κ3) is 5.70. The number of pyridine rings is 1. The lowest BCUT2D eigenvalue weighted by Gasteiger charge is -2.22. The number of amides is 2. The molecule has 0 radical (unpaired) electrons. The average Bonchev–Trinajstić information content (AvgIpc) is 2.70. The van der Waals surface area contributed by atoms with Gasteiger partial charge >= 0.3 is 0 Å². The van der Waals surface area contributed by atoms with Gasteiger partial charge in [0.15, 0.2) is 0 Å². The summed E-state index contributed by atoms with van der Waals surface area (Å²) in [5.41, 5.74) is 1.42. The van der Waals surface area contributed by atoms with E-state index in [2.05, 4.69) is 15.6 Å². The Morgan fingerprint density at radius 2 is 1.82 bits per heavy atom. The minimum absolute atomic E-state index is 0.0584. The number of rotatable bonds is 8. The van der Waals surface area contributed by atoms with E-state index in [1.165, 1.54) is 0 Å². The van der Waals surface area contributed by atoms with Crippen LogP contribution in [-0.2, 0) is 11.3 Å². The van der Waals surface area contributed by atoms with Crippen LogP contribution in [0, 0.1) is 5.92 Å². The number of nitrogens with one attached hydrogen (secondary N) is 2. The lowest BCUT2D eigenvalue weighted by molar-refractivity contribution is -0.124. The van der Waals surface area contributed by atoms with Gasteiger partial charge in [-0.25, -0.2) is 4.98 Å². The molecule has 1 unspecified atom stereocenters. The quantitative estimate of drug-likeness (QED) is 0.729. The fourth-order valence-electron chi connectivity index (χ4n) is 2.62. The number of benzene rings is 1. The second-order valence-electron chi connectivity index (χ2n) is 7.06. The Labute approximate surface area is 166 Å². The van der Waals surface area contributed by atoms with Gasteiger partial charge in [-0.05, 0) is 47.9 Å². The highest BCUT2D eigenvalue weighted by molar-refractivity contribution is 5.97. The first-order valence-electron chi connectivity index (χ1n) is 9.16. The molecule has 2 aromatic rings. The number of hydrogen-bond acceptors (Lipinski definition) is 5. The summed E-state index contributed by atoms with van der Waals surface area (Å²) in [5.74, 6) is 0.913. The molecule has 1 atom stereocenters. The summed E-state index contributed by atoms with van der Waals surface area (Å²) in [6.45, 7) is 4.16. The first-order valence-corrected chi connectivity index (χ1v) is 9.16. The van der Waals surface area contributed by atoms with Gasteiger partial charge in [-0.3, -0.25) is 9.59 Å². The van der Waals surface area contributed by atoms with Gasteiger partial charge in [-0.2, -0.15) is 0 Å². The lowest BCUT2D eigenvalue weighted by Crippen LogP contribution is -2.49. The van der Waals surface area contributed by atoms with E-state index in [1.807, 2.05) is 45.0 Å². The van der Waals surface area contributed by atoms with Crippen LogP contribution in [0.25, 0.3) is 0 Å². The van der Waals surface area contributed by atoms with E-state index in [0.29, 0.717) is 17.9 Å². The fourth-order valence-corrected chi connectivity index (χ4v) is 2.62. The summed E-state index contributed by atoms with van der Waals surface area (Å²) in [6, 6.07) is 9.90. The molecule has 1 aromatic heterocycles. The van der Waals surface area contributed by atoms with Crippen molar-refractivity contribution in [2.75, 3.05) is 26.1 Å². The van der Waals surface area contributed by atoms with E-state index in [1.54, 1.807) is 37.6 Å². The summed E-state index contributed by atoms with van der Waals surface area (Å²) in [6.07, 6.45) is 1.71. The Morgan fingerprint density at radius 1 is 1.14 bits per heavy atom. The lowest BCUT2D eigenvalue weighted by atomic mass is 10.0. The van der Waals surface area contributed by atoms with Gasteiger partial charge < -0.3 is 20.3 Å². The number of methoxy groups -OCH3 is 1. The van der Waals surface area contributed by atoms with Crippen LogP contribution in [0.1, 0.15) is 29.8 Å². The molecule has 1 heterocycles. The van der Waals surface area contributed by atoms with Gasteiger partial charge in [-0.1, -0.05) is 13.8 Å². The maximum Gasteiger partial charge on any atom is 0.251 e. The highest BCUT2D eigenvalue weighted by Gasteiger charge is 2.24. The maximum atomic E-state index is 12.7. The summed E-state index contributed by atoms with van der Waals surface area (Å²) in [7, 11) is 5.39. The number of carbonyl (C=O) groups is 2. The van der Waals surface area contributed by atoms with E-state index in [-0.39, 0.29) is 17.7 Å². The molecule has 28 heavy (non-hydrogen) atoms. The first-order chi connectivity index (χ1) is 13.3. The SMILES string of the molecule is COc1ccc(C(=O)NC(C(=O)NCc2ccnc(N(C)C)c2)C(C)C)cc1.